The van der Waals surface area contributed by atoms with E-state index in [0.29, 0.717) is 19.0 Å². The molecule has 0 aliphatic rings. The van der Waals surface area contributed by atoms with Crippen LogP contribution in [0.1, 0.15) is 29.4 Å². The van der Waals surface area contributed by atoms with Gasteiger partial charge in [-0.15, -0.1) is 0 Å². The van der Waals surface area contributed by atoms with Crippen LogP contribution in [0, 0.1) is 13.8 Å². The Morgan fingerprint density at radius 3 is 2.36 bits per heavy atom. The molecule has 0 saturated heterocycles. The van der Waals surface area contributed by atoms with E-state index in [0.717, 1.165) is 28.2 Å². The highest BCUT2D eigenvalue weighted by Gasteiger charge is 2.08. The molecule has 25 heavy (non-hydrogen) atoms. The van der Waals surface area contributed by atoms with Crippen molar-refractivity contribution in [1.82, 2.24) is 9.97 Å². The minimum atomic E-state index is 0.294. The Bertz CT molecular complexity index is 717. The maximum atomic E-state index is 5.90. The van der Waals surface area contributed by atoms with Gasteiger partial charge in [0.2, 0.25) is 0 Å². The first kappa shape index (κ1) is 18.4. The molecule has 0 radical (unpaired) electrons. The van der Waals surface area contributed by atoms with Crippen LogP contribution >= 0.6 is 0 Å². The quantitative estimate of drug-likeness (QED) is 0.417. The van der Waals surface area contributed by atoms with E-state index in [9.17, 15) is 0 Å². The number of hydrogen-bond acceptors (Lipinski definition) is 6. The first-order valence-electron chi connectivity index (χ1n) is 7.99. The van der Waals surface area contributed by atoms with Crippen LogP contribution in [-0.2, 0) is 11.4 Å². The topological polar surface area (TPSA) is 65.8 Å². The lowest BCUT2D eigenvalue weighted by molar-refractivity contribution is 0.215. The van der Waals surface area contributed by atoms with Gasteiger partial charge < -0.3 is 14.3 Å². The van der Waals surface area contributed by atoms with Crippen LogP contribution in [0.2, 0.25) is 0 Å². The Morgan fingerprint density at radius 2 is 1.76 bits per heavy atom. The number of allylic oxidation sites excluding steroid dienone is 1. The summed E-state index contributed by atoms with van der Waals surface area (Å²) < 4.78 is 11.6. The van der Waals surface area contributed by atoms with Crippen LogP contribution in [0.4, 0.5) is 0 Å². The van der Waals surface area contributed by atoms with Gasteiger partial charge in [-0.1, -0.05) is 17.3 Å². The number of hydrogen-bond donors (Lipinski definition) is 0. The predicted molar refractivity (Wildman–Crippen MR) is 97.2 cm³/mol. The molecule has 0 aliphatic carbocycles. The average molecular weight is 341 g/mol. The summed E-state index contributed by atoms with van der Waals surface area (Å²) in [5, 5.41) is 3.67. The average Bonchev–Trinajstić information content (AvgIpc) is 2.60. The predicted octanol–water partition coefficient (Wildman–Crippen LogP) is 3.61. The zero-order valence-corrected chi connectivity index (χ0v) is 15.0. The fourth-order valence-corrected chi connectivity index (χ4v) is 2.22. The molecular weight excluding hydrogens is 318 g/mol. The van der Waals surface area contributed by atoms with Gasteiger partial charge in [-0.2, -0.15) is 0 Å². The number of benzene rings is 1. The van der Waals surface area contributed by atoms with Crippen molar-refractivity contribution in [3.63, 3.8) is 0 Å². The summed E-state index contributed by atoms with van der Waals surface area (Å²) in [4.78, 5) is 13.1. The van der Waals surface area contributed by atoms with Gasteiger partial charge in [0.15, 0.2) is 5.82 Å². The lowest BCUT2D eigenvalue weighted by Gasteiger charge is -2.14. The van der Waals surface area contributed by atoms with Gasteiger partial charge in [0.05, 0.1) is 6.21 Å². The van der Waals surface area contributed by atoms with E-state index in [1.807, 2.05) is 45.1 Å². The second-order valence-electron chi connectivity index (χ2n) is 5.40. The zero-order valence-electron chi connectivity index (χ0n) is 15.0. The van der Waals surface area contributed by atoms with Gasteiger partial charge in [0.1, 0.15) is 31.8 Å². The van der Waals surface area contributed by atoms with Crippen molar-refractivity contribution in [2.75, 3.05) is 13.7 Å². The molecule has 6 heteroatoms. The number of ether oxygens (including phenoxy) is 2. The van der Waals surface area contributed by atoms with Crippen LogP contribution in [0.25, 0.3) is 0 Å². The molecule has 2 rings (SSSR count). The normalized spacial score (nSPS) is 11.2. The Morgan fingerprint density at radius 1 is 1.08 bits per heavy atom. The minimum absolute atomic E-state index is 0.294. The molecule has 0 aliphatic heterocycles. The summed E-state index contributed by atoms with van der Waals surface area (Å²) in [6, 6.07) is 3.94. The van der Waals surface area contributed by atoms with Crippen molar-refractivity contribution in [3.05, 3.63) is 59.2 Å². The largest absolute Gasteiger partial charge is 0.490 e. The molecule has 0 atom stereocenters. The number of oxime groups is 1. The van der Waals surface area contributed by atoms with Gasteiger partial charge in [-0.25, -0.2) is 9.97 Å². The van der Waals surface area contributed by atoms with Crippen LogP contribution in [-0.4, -0.2) is 29.9 Å². The molecule has 1 aromatic heterocycles. The van der Waals surface area contributed by atoms with Crippen molar-refractivity contribution in [2.24, 2.45) is 5.16 Å². The summed E-state index contributed by atoms with van der Waals surface area (Å²) in [5.41, 5.74) is 2.79. The van der Waals surface area contributed by atoms with E-state index in [-0.39, 0.29) is 0 Å². The van der Waals surface area contributed by atoms with Crippen molar-refractivity contribution >= 4 is 6.21 Å². The fourth-order valence-electron chi connectivity index (χ4n) is 2.22. The highest BCUT2D eigenvalue weighted by atomic mass is 16.6. The Balaban J connectivity index is 2.01. The first-order valence-corrected chi connectivity index (χ1v) is 7.99. The lowest BCUT2D eigenvalue weighted by Crippen LogP contribution is -2.04. The molecule has 0 amide bonds. The van der Waals surface area contributed by atoms with Gasteiger partial charge in [-0.05, 0) is 44.0 Å². The third-order valence-corrected chi connectivity index (χ3v) is 3.39. The van der Waals surface area contributed by atoms with Crippen molar-refractivity contribution in [3.8, 4) is 11.5 Å². The van der Waals surface area contributed by atoms with E-state index in [1.165, 1.54) is 7.11 Å². The molecule has 0 N–H and O–H groups in total. The lowest BCUT2D eigenvalue weighted by atomic mass is 10.1. The van der Waals surface area contributed by atoms with Crippen LogP contribution in [0.5, 0.6) is 11.5 Å². The Labute approximate surface area is 148 Å². The molecule has 0 unspecified atom stereocenters. The molecule has 1 aromatic carbocycles. The molecule has 2 aromatic rings. The summed E-state index contributed by atoms with van der Waals surface area (Å²) in [6.45, 7) is 6.81. The molecule has 0 fully saturated rings. The fraction of sp³-hybridized carbons (Fsp3) is 0.316. The molecule has 6 nitrogen and oxygen atoms in total. The maximum Gasteiger partial charge on any atom is 0.166 e. The van der Waals surface area contributed by atoms with E-state index < -0.39 is 0 Å². The van der Waals surface area contributed by atoms with E-state index >= 15 is 0 Å². The van der Waals surface area contributed by atoms with Crippen molar-refractivity contribution < 1.29 is 14.3 Å². The summed E-state index contributed by atoms with van der Waals surface area (Å²) in [6.07, 6.45) is 8.82. The third kappa shape index (κ3) is 5.60. The number of rotatable bonds is 8. The number of nitrogens with zero attached hydrogens (tertiary/aromatic N) is 3. The van der Waals surface area contributed by atoms with Crippen LogP contribution in [0.15, 0.2) is 41.8 Å². The molecular formula is C19H23N3O3. The van der Waals surface area contributed by atoms with Gasteiger partial charge >= 0.3 is 0 Å². The summed E-state index contributed by atoms with van der Waals surface area (Å²) in [7, 11) is 1.49. The molecule has 1 heterocycles. The van der Waals surface area contributed by atoms with Crippen molar-refractivity contribution in [1.29, 1.82) is 0 Å². The number of aryl methyl sites for hydroxylation is 2. The monoisotopic (exact) mass is 341 g/mol. The highest BCUT2D eigenvalue weighted by Crippen LogP contribution is 2.29. The van der Waals surface area contributed by atoms with E-state index in [2.05, 4.69) is 20.0 Å². The van der Waals surface area contributed by atoms with Gasteiger partial charge in [0, 0.05) is 18.0 Å². The number of aromatic nitrogens is 2. The highest BCUT2D eigenvalue weighted by molar-refractivity contribution is 5.77. The van der Waals surface area contributed by atoms with Gasteiger partial charge in [-0.3, -0.25) is 0 Å². The Hall–Kier alpha value is -2.89. The van der Waals surface area contributed by atoms with Crippen LogP contribution < -0.4 is 9.47 Å². The SMILES string of the molecule is C/C=C/COc1cc(C)c(OCc2ncc(C=NOC)cn2)c(C)c1. The first-order chi connectivity index (χ1) is 12.1. The Kier molecular flexibility index (Phi) is 6.95. The standard InChI is InChI=1S/C19H23N3O3/c1-5-6-7-24-17-8-14(2)19(15(3)9-17)25-13-18-20-10-16(11-21-18)12-22-23-4/h5-6,8-12H,7,13H2,1-4H3/b6-5+,22-12?. The molecule has 132 valence electrons. The maximum absolute atomic E-state index is 5.90. The summed E-state index contributed by atoms with van der Waals surface area (Å²) >= 11 is 0. The molecule has 0 saturated carbocycles. The summed E-state index contributed by atoms with van der Waals surface area (Å²) in [5.74, 6) is 2.26. The second kappa shape index (κ2) is 9.42. The van der Waals surface area contributed by atoms with Crippen LogP contribution in [0.3, 0.4) is 0 Å². The van der Waals surface area contributed by atoms with Crippen molar-refractivity contribution in [2.45, 2.75) is 27.4 Å². The molecule has 0 bridgehead atoms. The minimum Gasteiger partial charge on any atom is -0.490 e. The smallest absolute Gasteiger partial charge is 0.166 e. The van der Waals surface area contributed by atoms with E-state index in [4.69, 9.17) is 9.47 Å². The van der Waals surface area contributed by atoms with Gasteiger partial charge in [0.25, 0.3) is 0 Å². The third-order valence-electron chi connectivity index (χ3n) is 3.39. The second-order valence-corrected chi connectivity index (χ2v) is 5.40. The molecule has 0 spiro atoms. The van der Waals surface area contributed by atoms with E-state index in [1.54, 1.807) is 18.6 Å². The zero-order chi connectivity index (χ0) is 18.1.